The molecule has 0 aromatic rings. The van der Waals surface area contributed by atoms with Gasteiger partial charge >= 0.3 is 0 Å². The maximum Gasteiger partial charge on any atom is 0.0848 e. The number of hydrogen-bond donors (Lipinski definition) is 1. The van der Waals surface area contributed by atoms with Crippen LogP contribution >= 0.6 is 12.6 Å². The van der Waals surface area contributed by atoms with E-state index in [-0.39, 0.29) is 0 Å². The molecule has 2 fully saturated rings. The fourth-order valence-corrected chi connectivity index (χ4v) is 2.07. The minimum atomic E-state index is 0.556. The Kier molecular flexibility index (Phi) is 1.81. The van der Waals surface area contributed by atoms with Gasteiger partial charge in [-0.05, 0) is 23.7 Å². The molecule has 1 heterocycles. The molecule has 1 aliphatic heterocycles. The summed E-state index contributed by atoms with van der Waals surface area (Å²) in [5.41, 5.74) is 0. The van der Waals surface area contributed by atoms with Gasteiger partial charge in [0, 0.05) is 0 Å². The first-order chi connectivity index (χ1) is 5.31. The van der Waals surface area contributed by atoms with Gasteiger partial charge in [-0.15, -0.1) is 12.6 Å². The van der Waals surface area contributed by atoms with Gasteiger partial charge in [-0.3, -0.25) is 0 Å². The summed E-state index contributed by atoms with van der Waals surface area (Å²) in [5, 5.41) is 0. The van der Waals surface area contributed by atoms with Crippen LogP contribution in [-0.2, 0) is 4.74 Å². The molecule has 1 saturated carbocycles. The van der Waals surface area contributed by atoms with Crippen molar-refractivity contribution in [3.8, 4) is 0 Å². The molecule has 60 valence electrons. The Bertz CT molecular complexity index is 200. The predicted molar refractivity (Wildman–Crippen MR) is 48.7 cm³/mol. The number of thiol groups is 1. The Hall–Kier alpha value is -0.210. The van der Waals surface area contributed by atoms with E-state index in [4.69, 9.17) is 4.74 Å². The lowest BCUT2D eigenvalue weighted by Crippen LogP contribution is -1.98. The minimum Gasteiger partial charge on any atom is -0.370 e. The monoisotopic (exact) mass is 168 g/mol. The first-order valence-electron chi connectivity index (χ1n) is 3.98. The average molecular weight is 168 g/mol. The van der Waals surface area contributed by atoms with Crippen molar-refractivity contribution in [3.63, 3.8) is 0 Å². The van der Waals surface area contributed by atoms with E-state index >= 15 is 0 Å². The fourth-order valence-electron chi connectivity index (χ4n) is 1.75. The molecule has 0 spiro atoms. The first kappa shape index (κ1) is 7.44. The summed E-state index contributed by atoms with van der Waals surface area (Å²) >= 11 is 4.40. The lowest BCUT2D eigenvalue weighted by molar-refractivity contribution is 0.294. The summed E-state index contributed by atoms with van der Waals surface area (Å²) < 4.78 is 5.32. The van der Waals surface area contributed by atoms with E-state index in [1.807, 2.05) is 6.08 Å². The van der Waals surface area contributed by atoms with Crippen LogP contribution in [0.15, 0.2) is 23.6 Å². The van der Waals surface area contributed by atoms with Gasteiger partial charge in [0.25, 0.3) is 0 Å². The Balaban J connectivity index is 1.96. The molecule has 0 amide bonds. The van der Waals surface area contributed by atoms with Crippen molar-refractivity contribution in [2.24, 2.45) is 5.92 Å². The van der Waals surface area contributed by atoms with E-state index in [1.165, 1.54) is 0 Å². The molecule has 0 N–H and O–H groups in total. The zero-order valence-electron chi connectivity index (χ0n) is 6.36. The number of rotatable bonds is 2. The standard InChI is InChI=1S/C9H12OS/c1-2-3-9(11)6-4-7-8(5-6)10-7/h2-3,6-8,11H,1,4-5H2/b9-3-. The third-order valence-corrected chi connectivity index (χ3v) is 2.94. The average Bonchev–Trinajstić information content (AvgIpc) is 2.59. The molecule has 2 heteroatoms. The summed E-state index contributed by atoms with van der Waals surface area (Å²) in [6.45, 7) is 3.65. The summed E-state index contributed by atoms with van der Waals surface area (Å²) in [6.07, 6.45) is 7.22. The third-order valence-electron chi connectivity index (χ3n) is 2.43. The molecule has 0 aromatic carbocycles. The zero-order chi connectivity index (χ0) is 7.84. The van der Waals surface area contributed by atoms with Crippen LogP contribution in [0.4, 0.5) is 0 Å². The lowest BCUT2D eigenvalue weighted by atomic mass is 10.1. The molecule has 1 nitrogen and oxygen atoms in total. The minimum absolute atomic E-state index is 0.556. The van der Waals surface area contributed by atoms with Crippen molar-refractivity contribution in [2.75, 3.05) is 0 Å². The molecule has 1 aliphatic carbocycles. The smallest absolute Gasteiger partial charge is 0.0848 e. The molecule has 2 aliphatic rings. The number of ether oxygens (including phenoxy) is 1. The van der Waals surface area contributed by atoms with Crippen molar-refractivity contribution in [3.05, 3.63) is 23.6 Å². The highest BCUT2D eigenvalue weighted by molar-refractivity contribution is 7.84. The number of fused-ring (bicyclic) bond motifs is 1. The largest absolute Gasteiger partial charge is 0.370 e. The van der Waals surface area contributed by atoms with Crippen LogP contribution in [0.5, 0.6) is 0 Å². The van der Waals surface area contributed by atoms with E-state index in [0.29, 0.717) is 18.1 Å². The zero-order valence-corrected chi connectivity index (χ0v) is 7.26. The van der Waals surface area contributed by atoms with Crippen molar-refractivity contribution < 1.29 is 4.74 Å². The second-order valence-electron chi connectivity index (χ2n) is 3.21. The van der Waals surface area contributed by atoms with Crippen molar-refractivity contribution >= 4 is 12.6 Å². The Labute approximate surface area is 72.5 Å². The van der Waals surface area contributed by atoms with Crippen LogP contribution in [0.25, 0.3) is 0 Å². The van der Waals surface area contributed by atoms with Crippen molar-refractivity contribution in [2.45, 2.75) is 25.0 Å². The maximum atomic E-state index is 5.32. The number of epoxide rings is 1. The number of allylic oxidation sites excluding steroid dienone is 3. The Morgan fingerprint density at radius 1 is 1.45 bits per heavy atom. The molecule has 2 unspecified atom stereocenters. The summed E-state index contributed by atoms with van der Waals surface area (Å²) in [5.74, 6) is 0.639. The van der Waals surface area contributed by atoms with E-state index in [0.717, 1.165) is 17.7 Å². The predicted octanol–water partition coefficient (Wildman–Crippen LogP) is 2.16. The molecule has 0 aromatic heterocycles. The van der Waals surface area contributed by atoms with Crippen LogP contribution in [0.2, 0.25) is 0 Å². The van der Waals surface area contributed by atoms with Gasteiger partial charge in [0.1, 0.15) is 0 Å². The summed E-state index contributed by atoms with van der Waals surface area (Å²) in [4.78, 5) is 1.16. The van der Waals surface area contributed by atoms with Gasteiger partial charge in [-0.1, -0.05) is 18.7 Å². The highest BCUT2D eigenvalue weighted by Gasteiger charge is 2.48. The van der Waals surface area contributed by atoms with E-state index in [1.54, 1.807) is 6.08 Å². The third kappa shape index (κ3) is 1.37. The van der Waals surface area contributed by atoms with Crippen LogP contribution in [0.3, 0.4) is 0 Å². The van der Waals surface area contributed by atoms with Gasteiger partial charge in [0.05, 0.1) is 12.2 Å². The highest BCUT2D eigenvalue weighted by atomic mass is 32.1. The molecule has 2 atom stereocenters. The van der Waals surface area contributed by atoms with Crippen LogP contribution in [-0.4, -0.2) is 12.2 Å². The molecular formula is C9H12OS. The van der Waals surface area contributed by atoms with E-state index in [9.17, 15) is 0 Å². The first-order valence-corrected chi connectivity index (χ1v) is 4.43. The number of hydrogen-bond acceptors (Lipinski definition) is 2. The topological polar surface area (TPSA) is 12.5 Å². The van der Waals surface area contributed by atoms with Gasteiger partial charge in [-0.25, -0.2) is 0 Å². The molecule has 0 radical (unpaired) electrons. The van der Waals surface area contributed by atoms with Gasteiger partial charge < -0.3 is 4.74 Å². The molecular weight excluding hydrogens is 156 g/mol. The molecule has 1 saturated heterocycles. The quantitative estimate of drug-likeness (QED) is 0.378. The van der Waals surface area contributed by atoms with Crippen LogP contribution in [0, 0.1) is 5.92 Å². The maximum absolute atomic E-state index is 5.32. The van der Waals surface area contributed by atoms with Gasteiger partial charge in [0.2, 0.25) is 0 Å². The highest BCUT2D eigenvalue weighted by Crippen LogP contribution is 2.45. The van der Waals surface area contributed by atoms with Crippen molar-refractivity contribution in [1.29, 1.82) is 0 Å². The molecule has 2 rings (SSSR count). The summed E-state index contributed by atoms with van der Waals surface area (Å²) in [7, 11) is 0. The fraction of sp³-hybridized carbons (Fsp3) is 0.556. The second-order valence-corrected chi connectivity index (χ2v) is 3.72. The van der Waals surface area contributed by atoms with Crippen molar-refractivity contribution in [1.82, 2.24) is 0 Å². The van der Waals surface area contributed by atoms with E-state index < -0.39 is 0 Å². The normalized spacial score (nSPS) is 41.9. The van der Waals surface area contributed by atoms with Gasteiger partial charge in [-0.2, -0.15) is 0 Å². The lowest BCUT2D eigenvalue weighted by Gasteiger charge is -2.09. The molecule has 0 bridgehead atoms. The van der Waals surface area contributed by atoms with Crippen LogP contribution < -0.4 is 0 Å². The van der Waals surface area contributed by atoms with E-state index in [2.05, 4.69) is 19.2 Å². The Morgan fingerprint density at radius 3 is 2.64 bits per heavy atom. The van der Waals surface area contributed by atoms with Gasteiger partial charge in [0.15, 0.2) is 0 Å². The Morgan fingerprint density at radius 2 is 2.09 bits per heavy atom. The molecule has 11 heavy (non-hydrogen) atoms. The van der Waals surface area contributed by atoms with Crippen LogP contribution in [0.1, 0.15) is 12.8 Å². The summed E-state index contributed by atoms with van der Waals surface area (Å²) in [6, 6.07) is 0. The second kappa shape index (κ2) is 2.68. The SMILES string of the molecule is C=C/C=C(\S)C1CC2OC2C1.